The Kier molecular flexibility index (Phi) is 4.65. The predicted molar refractivity (Wildman–Crippen MR) is 86.2 cm³/mol. The van der Waals surface area contributed by atoms with Gasteiger partial charge in [0.1, 0.15) is 0 Å². The SMILES string of the molecule is CCC(=O)c1c(C(N)=O)cccc1S(=O)(=O)c1ccc(C)cc1. The molecule has 0 heterocycles. The average molecular weight is 331 g/mol. The van der Waals surface area contributed by atoms with Crippen LogP contribution in [0.4, 0.5) is 0 Å². The number of nitrogens with two attached hydrogens (primary N) is 1. The lowest BCUT2D eigenvalue weighted by Gasteiger charge is -2.12. The van der Waals surface area contributed by atoms with E-state index in [1.165, 1.54) is 30.3 Å². The third kappa shape index (κ3) is 3.17. The van der Waals surface area contributed by atoms with Gasteiger partial charge in [-0.15, -0.1) is 0 Å². The number of benzene rings is 2. The second-order valence-corrected chi connectivity index (χ2v) is 7.05. The zero-order valence-corrected chi connectivity index (χ0v) is 13.7. The molecule has 1 amide bonds. The topological polar surface area (TPSA) is 94.3 Å². The Morgan fingerprint density at radius 1 is 1.04 bits per heavy atom. The molecule has 0 aliphatic rings. The minimum Gasteiger partial charge on any atom is -0.366 e. The van der Waals surface area contributed by atoms with E-state index in [0.717, 1.165) is 5.56 Å². The first-order chi connectivity index (χ1) is 10.8. The van der Waals surface area contributed by atoms with Crippen LogP contribution in [0.15, 0.2) is 52.3 Å². The number of hydrogen-bond donors (Lipinski definition) is 1. The van der Waals surface area contributed by atoms with Gasteiger partial charge >= 0.3 is 0 Å². The lowest BCUT2D eigenvalue weighted by molar-refractivity contribution is 0.0958. The highest BCUT2D eigenvalue weighted by Crippen LogP contribution is 2.27. The highest BCUT2D eigenvalue weighted by atomic mass is 32.2. The molecule has 2 aromatic rings. The van der Waals surface area contributed by atoms with Gasteiger partial charge in [-0.2, -0.15) is 0 Å². The lowest BCUT2D eigenvalue weighted by Crippen LogP contribution is -2.19. The molecule has 0 atom stereocenters. The van der Waals surface area contributed by atoms with Crippen LogP contribution >= 0.6 is 0 Å². The number of hydrogen-bond acceptors (Lipinski definition) is 4. The maximum Gasteiger partial charge on any atom is 0.249 e. The first kappa shape index (κ1) is 16.9. The van der Waals surface area contributed by atoms with E-state index in [1.54, 1.807) is 19.1 Å². The number of carbonyl (C=O) groups excluding carboxylic acids is 2. The van der Waals surface area contributed by atoms with Crippen molar-refractivity contribution in [2.24, 2.45) is 5.73 Å². The molecule has 5 nitrogen and oxygen atoms in total. The van der Waals surface area contributed by atoms with Crippen molar-refractivity contribution in [1.29, 1.82) is 0 Å². The van der Waals surface area contributed by atoms with E-state index in [0.29, 0.717) is 0 Å². The van der Waals surface area contributed by atoms with E-state index in [-0.39, 0.29) is 27.3 Å². The van der Waals surface area contributed by atoms with Gasteiger partial charge in [0.25, 0.3) is 0 Å². The highest BCUT2D eigenvalue weighted by Gasteiger charge is 2.27. The van der Waals surface area contributed by atoms with E-state index >= 15 is 0 Å². The monoisotopic (exact) mass is 331 g/mol. The van der Waals surface area contributed by atoms with Crippen LogP contribution < -0.4 is 5.73 Å². The summed E-state index contributed by atoms with van der Waals surface area (Å²) in [4.78, 5) is 23.7. The smallest absolute Gasteiger partial charge is 0.249 e. The summed E-state index contributed by atoms with van der Waals surface area (Å²) in [7, 11) is -3.93. The molecule has 0 fully saturated rings. The van der Waals surface area contributed by atoms with Crippen molar-refractivity contribution in [3.63, 3.8) is 0 Å². The molecule has 0 aromatic heterocycles. The molecule has 0 unspecified atom stereocenters. The molecule has 0 saturated carbocycles. The normalized spacial score (nSPS) is 11.2. The van der Waals surface area contributed by atoms with Crippen molar-refractivity contribution in [2.45, 2.75) is 30.1 Å². The van der Waals surface area contributed by atoms with Crippen molar-refractivity contribution >= 4 is 21.5 Å². The number of primary amides is 1. The fraction of sp³-hybridized carbons (Fsp3) is 0.176. The minimum atomic E-state index is -3.93. The molecule has 2 rings (SSSR count). The second-order valence-electron chi connectivity index (χ2n) is 5.14. The zero-order chi connectivity index (χ0) is 17.2. The standard InChI is InChI=1S/C17H17NO4S/c1-3-14(19)16-13(17(18)20)5-4-6-15(16)23(21,22)12-9-7-11(2)8-10-12/h4-10H,3H2,1-2H3,(H2,18,20). The van der Waals surface area contributed by atoms with Gasteiger partial charge in [-0.25, -0.2) is 8.42 Å². The van der Waals surface area contributed by atoms with Crippen molar-refractivity contribution in [2.75, 3.05) is 0 Å². The Morgan fingerprint density at radius 3 is 2.17 bits per heavy atom. The summed E-state index contributed by atoms with van der Waals surface area (Å²) in [5, 5.41) is 0. The molecular weight excluding hydrogens is 314 g/mol. The van der Waals surface area contributed by atoms with Gasteiger partial charge in [0.2, 0.25) is 15.7 Å². The zero-order valence-electron chi connectivity index (χ0n) is 12.9. The van der Waals surface area contributed by atoms with Crippen LogP contribution in [0, 0.1) is 6.92 Å². The molecule has 2 N–H and O–H groups in total. The van der Waals surface area contributed by atoms with Crippen molar-refractivity contribution in [3.05, 3.63) is 59.2 Å². The molecule has 6 heteroatoms. The van der Waals surface area contributed by atoms with Crippen LogP contribution in [0.2, 0.25) is 0 Å². The lowest BCUT2D eigenvalue weighted by atomic mass is 10.0. The Morgan fingerprint density at radius 2 is 1.65 bits per heavy atom. The van der Waals surface area contributed by atoms with Crippen LogP contribution in [-0.4, -0.2) is 20.1 Å². The van der Waals surface area contributed by atoms with Crippen LogP contribution in [0.3, 0.4) is 0 Å². The maximum absolute atomic E-state index is 12.9. The van der Waals surface area contributed by atoms with Crippen LogP contribution in [0.25, 0.3) is 0 Å². The van der Waals surface area contributed by atoms with E-state index in [1.807, 2.05) is 6.92 Å². The van der Waals surface area contributed by atoms with E-state index < -0.39 is 21.5 Å². The molecule has 2 aromatic carbocycles. The third-order valence-corrected chi connectivity index (χ3v) is 5.32. The van der Waals surface area contributed by atoms with Gasteiger partial charge < -0.3 is 5.73 Å². The molecular formula is C17H17NO4S. The van der Waals surface area contributed by atoms with Crippen molar-refractivity contribution in [3.8, 4) is 0 Å². The van der Waals surface area contributed by atoms with Gasteiger partial charge in [-0.05, 0) is 31.2 Å². The number of Topliss-reactive ketones (excluding diaryl/α,β-unsaturated/α-hetero) is 1. The first-order valence-corrected chi connectivity index (χ1v) is 8.55. The summed E-state index contributed by atoms with van der Waals surface area (Å²) in [6.07, 6.45) is 0.0701. The summed E-state index contributed by atoms with van der Waals surface area (Å²) >= 11 is 0. The second kappa shape index (κ2) is 6.34. The Labute approximate surface area is 135 Å². The summed E-state index contributed by atoms with van der Waals surface area (Å²) in [5.41, 5.74) is 5.99. The minimum absolute atomic E-state index is 0.0647. The Balaban J connectivity index is 2.76. The molecule has 0 bridgehead atoms. The summed E-state index contributed by atoms with van der Waals surface area (Å²) in [6, 6.07) is 10.4. The van der Waals surface area contributed by atoms with Gasteiger partial charge in [0, 0.05) is 12.0 Å². The highest BCUT2D eigenvalue weighted by molar-refractivity contribution is 7.91. The maximum atomic E-state index is 12.9. The van der Waals surface area contributed by atoms with E-state index in [9.17, 15) is 18.0 Å². The van der Waals surface area contributed by atoms with Gasteiger partial charge in [-0.3, -0.25) is 9.59 Å². The fourth-order valence-electron chi connectivity index (χ4n) is 2.27. The Bertz CT molecular complexity index is 868. The quantitative estimate of drug-likeness (QED) is 0.852. The van der Waals surface area contributed by atoms with E-state index in [4.69, 9.17) is 5.73 Å². The molecule has 0 saturated heterocycles. The summed E-state index contributed by atoms with van der Waals surface area (Å²) < 4.78 is 25.7. The number of sulfone groups is 1. The first-order valence-electron chi connectivity index (χ1n) is 7.06. The predicted octanol–water partition coefficient (Wildman–Crippen LogP) is 2.52. The number of aryl methyl sites for hydroxylation is 1. The summed E-state index contributed by atoms with van der Waals surface area (Å²) in [5.74, 6) is -1.27. The van der Waals surface area contributed by atoms with Crippen LogP contribution in [0.1, 0.15) is 39.6 Å². The molecule has 23 heavy (non-hydrogen) atoms. The average Bonchev–Trinajstić information content (AvgIpc) is 2.53. The Hall–Kier alpha value is -2.47. The van der Waals surface area contributed by atoms with Crippen molar-refractivity contribution < 1.29 is 18.0 Å². The van der Waals surface area contributed by atoms with E-state index in [2.05, 4.69) is 0 Å². The molecule has 0 radical (unpaired) electrons. The summed E-state index contributed by atoms with van der Waals surface area (Å²) in [6.45, 7) is 3.44. The molecule has 0 aliphatic heterocycles. The number of carbonyl (C=O) groups is 2. The van der Waals surface area contributed by atoms with Crippen molar-refractivity contribution in [1.82, 2.24) is 0 Å². The van der Waals surface area contributed by atoms with Gasteiger partial charge in [0.15, 0.2) is 5.78 Å². The molecule has 120 valence electrons. The van der Waals surface area contributed by atoms with Gasteiger partial charge in [0.05, 0.1) is 15.4 Å². The number of ketones is 1. The van der Waals surface area contributed by atoms with Crippen LogP contribution in [0.5, 0.6) is 0 Å². The number of amides is 1. The van der Waals surface area contributed by atoms with Crippen LogP contribution in [-0.2, 0) is 9.84 Å². The number of rotatable bonds is 5. The molecule has 0 aliphatic carbocycles. The molecule has 0 spiro atoms. The van der Waals surface area contributed by atoms with Gasteiger partial charge in [-0.1, -0.05) is 30.7 Å². The third-order valence-electron chi connectivity index (χ3n) is 3.51. The fourth-order valence-corrected chi connectivity index (χ4v) is 3.77. The largest absolute Gasteiger partial charge is 0.366 e.